The van der Waals surface area contributed by atoms with E-state index in [1.165, 1.54) is 17.2 Å². The number of amides is 2. The van der Waals surface area contributed by atoms with Gasteiger partial charge in [-0.15, -0.1) is 0 Å². The van der Waals surface area contributed by atoms with Crippen molar-refractivity contribution in [1.82, 2.24) is 9.71 Å². The summed E-state index contributed by atoms with van der Waals surface area (Å²) in [5, 5.41) is 0.703. The van der Waals surface area contributed by atoms with Gasteiger partial charge in [0.1, 0.15) is 11.6 Å². The first-order chi connectivity index (χ1) is 25.7. The predicted octanol–water partition coefficient (Wildman–Crippen LogP) is 7.02. The molecule has 2 bridgehead atoms. The largest absolute Gasteiger partial charge is 0.490 e. The van der Waals surface area contributed by atoms with Gasteiger partial charge in [0.25, 0.3) is 10.0 Å². The Hall–Kier alpha value is -3.93. The molecule has 2 amide bonds. The van der Waals surface area contributed by atoms with Crippen molar-refractivity contribution >= 4 is 44.9 Å². The lowest BCUT2D eigenvalue weighted by atomic mass is 9.62. The van der Waals surface area contributed by atoms with Gasteiger partial charge in [0.15, 0.2) is 0 Å². The summed E-state index contributed by atoms with van der Waals surface area (Å²) in [5.41, 5.74) is 2.61. The smallest absolute Gasteiger partial charge is 0.264 e. The zero-order valence-electron chi connectivity index (χ0n) is 31.8. The minimum absolute atomic E-state index is 0.0107. The van der Waals surface area contributed by atoms with Crippen LogP contribution in [0.25, 0.3) is 0 Å². The average Bonchev–Trinajstić information content (AvgIpc) is 3.28. The second kappa shape index (κ2) is 15.0. The Labute approximate surface area is 324 Å². The minimum Gasteiger partial charge on any atom is -0.490 e. The van der Waals surface area contributed by atoms with Gasteiger partial charge in [-0.25, -0.2) is 18.1 Å². The van der Waals surface area contributed by atoms with Gasteiger partial charge in [-0.3, -0.25) is 14.5 Å². The van der Waals surface area contributed by atoms with E-state index >= 15 is 0 Å². The summed E-state index contributed by atoms with van der Waals surface area (Å²) in [4.78, 5) is 36.1. The summed E-state index contributed by atoms with van der Waals surface area (Å²) >= 11 is 6.48. The molecule has 1 N–H and O–H groups in total. The van der Waals surface area contributed by atoms with Gasteiger partial charge in [-0.05, 0) is 117 Å². The molecule has 4 aliphatic rings. The molecule has 12 heteroatoms. The molecule has 3 heterocycles. The number of hydrogen-bond donors (Lipinski definition) is 1. The number of fused-ring (bicyclic) bond motifs is 4. The number of methoxy groups -OCH3 is 1. The van der Waals surface area contributed by atoms with Crippen molar-refractivity contribution in [1.29, 1.82) is 0 Å². The van der Waals surface area contributed by atoms with Gasteiger partial charge >= 0.3 is 0 Å². The minimum atomic E-state index is -4.18. The molecule has 1 spiro atoms. The third-order valence-electron chi connectivity index (χ3n) is 12.6. The monoisotopic (exact) mass is 774 g/mol. The molecule has 7 rings (SSSR count). The molecule has 3 aromatic rings. The van der Waals surface area contributed by atoms with Gasteiger partial charge in [-0.1, -0.05) is 49.7 Å². The maximum atomic E-state index is 14.1. The van der Waals surface area contributed by atoms with Crippen molar-refractivity contribution in [2.45, 2.75) is 81.6 Å². The Kier molecular flexibility index (Phi) is 10.6. The van der Waals surface area contributed by atoms with Crippen LogP contribution < -0.4 is 19.3 Å². The van der Waals surface area contributed by atoms with Gasteiger partial charge in [0, 0.05) is 49.3 Å². The van der Waals surface area contributed by atoms with E-state index in [9.17, 15) is 18.0 Å². The number of hydrogen-bond acceptors (Lipinski definition) is 8. The molecule has 0 radical (unpaired) electrons. The normalized spacial score (nSPS) is 29.7. The molecule has 2 aliphatic carbocycles. The fourth-order valence-corrected chi connectivity index (χ4v) is 10.3. The lowest BCUT2D eigenvalue weighted by Gasteiger charge is -2.50. The molecule has 0 unspecified atom stereocenters. The number of nitrogens with one attached hydrogen (secondary N) is 1. The van der Waals surface area contributed by atoms with Crippen molar-refractivity contribution < 1.29 is 27.5 Å². The average molecular weight is 775 g/mol. The number of carbonyl (C=O) groups is 2. The lowest BCUT2D eigenvalue weighted by molar-refractivity contribution is -0.130. The maximum absolute atomic E-state index is 14.1. The molecule has 10 nitrogen and oxygen atoms in total. The fraction of sp³-hybridized carbons (Fsp3) is 0.500. The number of ether oxygens (including phenoxy) is 2. The Balaban J connectivity index is 1.31. The first-order valence-corrected chi connectivity index (χ1v) is 20.9. The standard InChI is InChI=1S/C42H51ClN4O6S/c1-27-9-7-20-42(52-5,23-39(48)46(4)38-12-6-10-28(2)44-38)35-16-13-31(35)24-47-25-41(19-8-11-30-21-32(43)14-17-34(30)41)26-53-37-18-15-33(22-36(37)47)54(50,51)45-40(49)29(27)3/h6-7,10,12,14-15,17-18,20-22,27,29,31,35H,8-9,11,13,16,19,23-26H2,1-5H3,(H,45,49)/b20-7+/t27-,29+,31-,35+,41-,42+/m0/s1. The zero-order valence-corrected chi connectivity index (χ0v) is 33.4. The highest BCUT2D eigenvalue weighted by atomic mass is 35.5. The SMILES string of the molecule is CO[C@@]1(CC(=O)N(C)c2cccc(C)n2)/C=C/C[C@H](C)[C@@H](C)C(=O)NS(=O)(=O)c2ccc3c(c2)N(C[C@@H]2CC[C@H]21)C[C@@]1(CCCc2cc(Cl)ccc21)CO3. The van der Waals surface area contributed by atoms with E-state index < -0.39 is 27.4 Å². The van der Waals surface area contributed by atoms with E-state index in [4.69, 9.17) is 21.1 Å². The third kappa shape index (κ3) is 7.27. The summed E-state index contributed by atoms with van der Waals surface area (Å²) in [6, 6.07) is 16.6. The number of sulfonamides is 1. The van der Waals surface area contributed by atoms with Crippen LogP contribution in [-0.2, 0) is 36.2 Å². The highest BCUT2D eigenvalue weighted by Gasteiger charge is 2.50. The van der Waals surface area contributed by atoms with Crippen LogP contribution in [0.15, 0.2) is 71.6 Å². The Bertz CT molecular complexity index is 2070. The van der Waals surface area contributed by atoms with Gasteiger partial charge in [-0.2, -0.15) is 0 Å². The summed E-state index contributed by atoms with van der Waals surface area (Å²) in [7, 11) is -0.744. The van der Waals surface area contributed by atoms with E-state index in [0.29, 0.717) is 48.4 Å². The number of carbonyl (C=O) groups excluding carboxylic acids is 2. The number of allylic oxidation sites excluding steroid dienone is 1. The van der Waals surface area contributed by atoms with Gasteiger partial charge in [0.2, 0.25) is 11.8 Å². The van der Waals surface area contributed by atoms with Crippen LogP contribution in [0.4, 0.5) is 11.5 Å². The number of aromatic nitrogens is 1. The molecule has 0 saturated heterocycles. The molecule has 2 aliphatic heterocycles. The van der Waals surface area contributed by atoms with Crippen LogP contribution in [0.1, 0.15) is 69.2 Å². The number of anilines is 2. The number of nitrogens with zero attached hydrogens (tertiary/aromatic N) is 3. The molecule has 1 fully saturated rings. The van der Waals surface area contributed by atoms with Crippen molar-refractivity contribution in [2.24, 2.45) is 23.7 Å². The molecule has 2 aromatic carbocycles. The van der Waals surface area contributed by atoms with Gasteiger partial charge < -0.3 is 14.4 Å². The van der Waals surface area contributed by atoms with Crippen molar-refractivity contribution in [2.75, 3.05) is 43.7 Å². The highest BCUT2D eigenvalue weighted by molar-refractivity contribution is 7.90. The zero-order chi connectivity index (χ0) is 38.4. The van der Waals surface area contributed by atoms with Crippen LogP contribution >= 0.6 is 11.6 Å². The molecular formula is C42H51ClN4O6S. The summed E-state index contributed by atoms with van der Waals surface area (Å²) in [6.45, 7) is 7.19. The number of aryl methyl sites for hydroxylation is 2. The number of halogens is 1. The van der Waals surface area contributed by atoms with Crippen molar-refractivity contribution in [3.8, 4) is 5.75 Å². The van der Waals surface area contributed by atoms with Crippen LogP contribution in [-0.4, -0.2) is 64.7 Å². The summed E-state index contributed by atoms with van der Waals surface area (Å²) < 4.78 is 43.0. The molecule has 288 valence electrons. The van der Waals surface area contributed by atoms with Gasteiger partial charge in [0.05, 0.1) is 29.2 Å². The Morgan fingerprint density at radius 3 is 2.70 bits per heavy atom. The van der Waals surface area contributed by atoms with Crippen LogP contribution in [0.3, 0.4) is 0 Å². The second-order valence-electron chi connectivity index (χ2n) is 16.0. The van der Waals surface area contributed by atoms with E-state index in [1.807, 2.05) is 50.3 Å². The quantitative estimate of drug-likeness (QED) is 0.281. The topological polar surface area (TPSA) is 118 Å². The van der Waals surface area contributed by atoms with Crippen LogP contribution in [0.2, 0.25) is 5.02 Å². The highest BCUT2D eigenvalue weighted by Crippen LogP contribution is 2.50. The Morgan fingerprint density at radius 2 is 1.96 bits per heavy atom. The molecule has 1 saturated carbocycles. The number of pyridine rings is 1. The van der Waals surface area contributed by atoms with E-state index in [2.05, 4.69) is 26.7 Å². The summed E-state index contributed by atoms with van der Waals surface area (Å²) in [5.74, 6) is -0.200. The van der Waals surface area contributed by atoms with Crippen molar-refractivity contribution in [3.63, 3.8) is 0 Å². The molecule has 1 aromatic heterocycles. The molecule has 54 heavy (non-hydrogen) atoms. The Morgan fingerprint density at radius 1 is 1.15 bits per heavy atom. The first-order valence-electron chi connectivity index (χ1n) is 19.0. The number of benzene rings is 2. The van der Waals surface area contributed by atoms with E-state index in [1.54, 1.807) is 38.1 Å². The second-order valence-corrected chi connectivity index (χ2v) is 18.1. The summed E-state index contributed by atoms with van der Waals surface area (Å²) in [6.07, 6.45) is 9.21. The van der Waals surface area contributed by atoms with E-state index in [0.717, 1.165) is 37.8 Å². The number of rotatable bonds is 4. The predicted molar refractivity (Wildman–Crippen MR) is 211 cm³/mol. The first kappa shape index (κ1) is 38.3. The lowest BCUT2D eigenvalue weighted by Crippen LogP contribution is -2.54. The molecular weight excluding hydrogens is 724 g/mol. The third-order valence-corrected chi connectivity index (χ3v) is 14.2. The van der Waals surface area contributed by atoms with E-state index in [-0.39, 0.29) is 40.4 Å². The van der Waals surface area contributed by atoms with Crippen LogP contribution in [0.5, 0.6) is 5.75 Å². The maximum Gasteiger partial charge on any atom is 0.264 e. The van der Waals surface area contributed by atoms with Crippen molar-refractivity contribution in [3.05, 3.63) is 88.6 Å². The van der Waals surface area contributed by atoms with Crippen LogP contribution in [0, 0.1) is 30.6 Å². The molecule has 6 atom stereocenters. The fourth-order valence-electron chi connectivity index (χ4n) is 9.01.